The third kappa shape index (κ3) is 6.27. The topological polar surface area (TPSA) is 106 Å². The summed E-state index contributed by atoms with van der Waals surface area (Å²) >= 11 is 5.31. The quantitative estimate of drug-likeness (QED) is 0.326. The second-order valence-electron chi connectivity index (χ2n) is 7.05. The summed E-state index contributed by atoms with van der Waals surface area (Å²) in [7, 11) is -3.35. The summed E-state index contributed by atoms with van der Waals surface area (Å²) in [4.78, 5) is 12.5. The number of H-pyrrole nitrogens is 1. The summed E-state index contributed by atoms with van der Waals surface area (Å²) in [5.41, 5.74) is 0.854. The van der Waals surface area contributed by atoms with E-state index in [4.69, 9.17) is 17.0 Å². The maximum Gasteiger partial charge on any atom is 0.221 e. The molecule has 1 amide bonds. The summed E-state index contributed by atoms with van der Waals surface area (Å²) in [5.74, 6) is 1.21. The first-order valence-corrected chi connectivity index (χ1v) is 12.4. The Morgan fingerprint density at radius 2 is 1.88 bits per heavy atom. The van der Waals surface area contributed by atoms with Crippen LogP contribution in [0.5, 0.6) is 5.75 Å². The van der Waals surface area contributed by atoms with Gasteiger partial charge in [-0.2, -0.15) is 5.10 Å². The molecule has 0 spiro atoms. The smallest absolute Gasteiger partial charge is 0.221 e. The minimum absolute atomic E-state index is 0.0219. The Morgan fingerprint density at radius 3 is 2.56 bits per heavy atom. The lowest BCUT2D eigenvalue weighted by Crippen LogP contribution is -2.27. The normalized spacial score (nSPS) is 11.3. The molecule has 8 nitrogen and oxygen atoms in total. The van der Waals surface area contributed by atoms with Crippen LogP contribution in [0.3, 0.4) is 0 Å². The zero-order valence-corrected chi connectivity index (χ0v) is 19.4. The molecule has 0 saturated heterocycles. The lowest BCUT2D eigenvalue weighted by molar-refractivity contribution is -0.121. The third-order valence-electron chi connectivity index (χ3n) is 4.76. The van der Waals surface area contributed by atoms with Gasteiger partial charge in [0.1, 0.15) is 5.75 Å². The van der Waals surface area contributed by atoms with Crippen LogP contribution in [0.15, 0.2) is 59.5 Å². The number of hydrogen-bond acceptors (Lipinski definition) is 6. The molecule has 0 aliphatic heterocycles. The zero-order valence-electron chi connectivity index (χ0n) is 17.8. The number of nitrogens with one attached hydrogen (secondary N) is 2. The Morgan fingerprint density at radius 1 is 1.16 bits per heavy atom. The summed E-state index contributed by atoms with van der Waals surface area (Å²) in [6.07, 6.45) is 0.537. The molecule has 2 N–H and O–H groups in total. The third-order valence-corrected chi connectivity index (χ3v) is 6.89. The molecular weight excluding hydrogens is 448 g/mol. The SMILES string of the molecule is CCOc1ccc(-c2n[nH]c(=S)n2CCC(=O)NCCCS(=O)(=O)c2ccccc2)cc1. The van der Waals surface area contributed by atoms with E-state index in [9.17, 15) is 13.2 Å². The predicted molar refractivity (Wildman–Crippen MR) is 125 cm³/mol. The molecule has 3 aromatic rings. The molecule has 0 aliphatic carbocycles. The minimum Gasteiger partial charge on any atom is -0.494 e. The molecular formula is C22H26N4O4S2. The fourth-order valence-corrected chi connectivity index (χ4v) is 4.71. The first-order chi connectivity index (χ1) is 15.4. The Kier molecular flexibility index (Phi) is 8.18. The van der Waals surface area contributed by atoms with Crippen molar-refractivity contribution in [1.29, 1.82) is 0 Å². The average molecular weight is 475 g/mol. The number of nitrogens with zero attached hydrogens (tertiary/aromatic N) is 2. The van der Waals surface area contributed by atoms with E-state index in [-0.39, 0.29) is 24.6 Å². The van der Waals surface area contributed by atoms with E-state index in [0.717, 1.165) is 11.3 Å². The number of carbonyl (C=O) groups excluding carboxylic acids is 1. The number of benzene rings is 2. The van der Waals surface area contributed by atoms with E-state index in [1.165, 1.54) is 0 Å². The van der Waals surface area contributed by atoms with Crippen molar-refractivity contribution in [2.75, 3.05) is 18.9 Å². The van der Waals surface area contributed by atoms with Gasteiger partial charge in [-0.05, 0) is 62.0 Å². The van der Waals surface area contributed by atoms with Gasteiger partial charge in [-0.1, -0.05) is 18.2 Å². The van der Waals surface area contributed by atoms with Gasteiger partial charge in [0, 0.05) is 25.1 Å². The molecule has 0 aliphatic rings. The van der Waals surface area contributed by atoms with E-state index in [0.29, 0.717) is 35.1 Å². The monoisotopic (exact) mass is 474 g/mol. The van der Waals surface area contributed by atoms with Gasteiger partial charge in [0.15, 0.2) is 20.4 Å². The number of ether oxygens (including phenoxy) is 1. The van der Waals surface area contributed by atoms with Gasteiger partial charge < -0.3 is 10.1 Å². The number of sulfone groups is 1. The van der Waals surface area contributed by atoms with E-state index in [1.54, 1.807) is 34.9 Å². The number of amides is 1. The van der Waals surface area contributed by atoms with Gasteiger partial charge in [0.05, 0.1) is 17.3 Å². The number of aromatic amines is 1. The molecule has 2 aromatic carbocycles. The van der Waals surface area contributed by atoms with Gasteiger partial charge in [0.25, 0.3) is 0 Å². The largest absolute Gasteiger partial charge is 0.494 e. The molecule has 32 heavy (non-hydrogen) atoms. The molecule has 1 heterocycles. The molecule has 0 unspecified atom stereocenters. The molecule has 10 heteroatoms. The molecule has 3 rings (SSSR count). The first kappa shape index (κ1) is 23.7. The van der Waals surface area contributed by atoms with Crippen molar-refractivity contribution in [3.63, 3.8) is 0 Å². The van der Waals surface area contributed by atoms with E-state index < -0.39 is 9.84 Å². The molecule has 1 aromatic heterocycles. The molecule has 0 bridgehead atoms. The number of rotatable bonds is 11. The Hall–Kier alpha value is -2.98. The highest BCUT2D eigenvalue weighted by Crippen LogP contribution is 2.21. The summed E-state index contributed by atoms with van der Waals surface area (Å²) in [6, 6.07) is 15.8. The predicted octanol–water partition coefficient (Wildman–Crippen LogP) is 3.38. The van der Waals surface area contributed by atoms with Crippen molar-refractivity contribution in [3.8, 4) is 17.1 Å². The van der Waals surface area contributed by atoms with Gasteiger partial charge in [0.2, 0.25) is 5.91 Å². The molecule has 0 saturated carbocycles. The maximum absolute atomic E-state index is 12.3. The van der Waals surface area contributed by atoms with Crippen LogP contribution in [-0.4, -0.2) is 48.0 Å². The van der Waals surface area contributed by atoms with Crippen molar-refractivity contribution in [2.24, 2.45) is 0 Å². The van der Waals surface area contributed by atoms with Gasteiger partial charge in [-0.15, -0.1) is 0 Å². The Balaban J connectivity index is 1.50. The average Bonchev–Trinajstić information content (AvgIpc) is 3.17. The fourth-order valence-electron chi connectivity index (χ4n) is 3.15. The van der Waals surface area contributed by atoms with Crippen molar-refractivity contribution < 1.29 is 17.9 Å². The van der Waals surface area contributed by atoms with Crippen LogP contribution in [0.25, 0.3) is 11.4 Å². The number of carbonyl (C=O) groups is 1. The standard InChI is InChI=1S/C22H26N4O4S2/c1-2-30-18-11-9-17(10-12-18)21-24-25-22(31)26(21)15-13-20(27)23-14-6-16-32(28,29)19-7-4-3-5-8-19/h3-5,7-12H,2,6,13-16H2,1H3,(H,23,27)(H,25,31). The summed E-state index contributed by atoms with van der Waals surface area (Å²) < 4.78 is 32.2. The number of aromatic nitrogens is 3. The van der Waals surface area contributed by atoms with Crippen LogP contribution in [0, 0.1) is 4.77 Å². The lowest BCUT2D eigenvalue weighted by Gasteiger charge is -2.09. The van der Waals surface area contributed by atoms with Crippen LogP contribution in [0.4, 0.5) is 0 Å². The van der Waals surface area contributed by atoms with Gasteiger partial charge in [-0.3, -0.25) is 14.5 Å². The van der Waals surface area contributed by atoms with Crippen LogP contribution < -0.4 is 10.1 Å². The fraction of sp³-hybridized carbons (Fsp3) is 0.318. The van der Waals surface area contributed by atoms with Crippen LogP contribution in [0.1, 0.15) is 19.8 Å². The van der Waals surface area contributed by atoms with E-state index >= 15 is 0 Å². The molecule has 170 valence electrons. The van der Waals surface area contributed by atoms with Gasteiger partial charge >= 0.3 is 0 Å². The summed E-state index contributed by atoms with van der Waals surface area (Å²) in [6.45, 7) is 3.15. The second-order valence-corrected chi connectivity index (χ2v) is 9.54. The molecule has 0 atom stereocenters. The zero-order chi connectivity index (χ0) is 23.0. The highest BCUT2D eigenvalue weighted by atomic mass is 32.2. The van der Waals surface area contributed by atoms with Crippen molar-refractivity contribution >= 4 is 28.0 Å². The van der Waals surface area contributed by atoms with Crippen molar-refractivity contribution in [1.82, 2.24) is 20.1 Å². The summed E-state index contributed by atoms with van der Waals surface area (Å²) in [5, 5.41) is 9.82. The minimum atomic E-state index is -3.35. The van der Waals surface area contributed by atoms with Crippen LogP contribution >= 0.6 is 12.2 Å². The van der Waals surface area contributed by atoms with E-state index in [1.807, 2.05) is 31.2 Å². The van der Waals surface area contributed by atoms with Crippen molar-refractivity contribution in [3.05, 3.63) is 59.4 Å². The highest BCUT2D eigenvalue weighted by molar-refractivity contribution is 7.91. The van der Waals surface area contributed by atoms with E-state index in [2.05, 4.69) is 15.5 Å². The van der Waals surface area contributed by atoms with Crippen LogP contribution in [-0.2, 0) is 21.2 Å². The molecule has 0 fully saturated rings. The maximum atomic E-state index is 12.3. The Bertz CT molecular complexity index is 1190. The van der Waals surface area contributed by atoms with Crippen molar-refractivity contribution in [2.45, 2.75) is 31.2 Å². The highest BCUT2D eigenvalue weighted by Gasteiger charge is 2.14. The lowest BCUT2D eigenvalue weighted by atomic mass is 10.2. The Labute approximate surface area is 192 Å². The van der Waals surface area contributed by atoms with Crippen LogP contribution in [0.2, 0.25) is 0 Å². The van der Waals surface area contributed by atoms with Gasteiger partial charge in [-0.25, -0.2) is 8.42 Å². The molecule has 0 radical (unpaired) electrons. The first-order valence-electron chi connectivity index (χ1n) is 10.3. The second kappa shape index (κ2) is 11.1. The number of hydrogen-bond donors (Lipinski definition) is 2.